The fourth-order valence-corrected chi connectivity index (χ4v) is 3.10. The van der Waals surface area contributed by atoms with Crippen molar-refractivity contribution in [3.8, 4) is 0 Å². The molecule has 3 amide bonds. The first kappa shape index (κ1) is 23.9. The third-order valence-corrected chi connectivity index (χ3v) is 4.96. The van der Waals surface area contributed by atoms with Gasteiger partial charge >= 0.3 is 0 Å². The summed E-state index contributed by atoms with van der Waals surface area (Å²) in [5.41, 5.74) is -0.153. The number of rotatable bonds is 11. The summed E-state index contributed by atoms with van der Waals surface area (Å²) in [4.78, 5) is 47.8. The zero-order valence-corrected chi connectivity index (χ0v) is 17.9. The predicted molar refractivity (Wildman–Crippen MR) is 116 cm³/mol. The van der Waals surface area contributed by atoms with E-state index in [-0.39, 0.29) is 17.8 Å². The topological polar surface area (TPSA) is 144 Å². The summed E-state index contributed by atoms with van der Waals surface area (Å²) < 4.78 is 5.14. The number of carbonyl (C=O) groups is 3. The number of hydrogen-bond donors (Lipinski definition) is 3. The van der Waals surface area contributed by atoms with Crippen molar-refractivity contribution in [3.63, 3.8) is 0 Å². The number of thioether (sulfide) groups is 1. The van der Waals surface area contributed by atoms with E-state index in [1.54, 1.807) is 12.1 Å². The molecule has 10 nitrogen and oxygen atoms in total. The third kappa shape index (κ3) is 7.45. The zero-order valence-electron chi connectivity index (χ0n) is 17.1. The maximum absolute atomic E-state index is 12.7. The Bertz CT molecular complexity index is 918. The van der Waals surface area contributed by atoms with E-state index in [1.807, 2.05) is 6.26 Å². The number of nitrogens with zero attached hydrogens (tertiary/aromatic N) is 1. The van der Waals surface area contributed by atoms with Gasteiger partial charge in [-0.1, -0.05) is 6.07 Å². The van der Waals surface area contributed by atoms with Crippen molar-refractivity contribution in [2.75, 3.05) is 12.0 Å². The van der Waals surface area contributed by atoms with Gasteiger partial charge in [-0.15, -0.1) is 0 Å². The van der Waals surface area contributed by atoms with Crippen LogP contribution in [0.25, 0.3) is 0 Å². The molecule has 2 atom stereocenters. The minimum absolute atomic E-state index is 0.0698. The number of carbonyl (C=O) groups excluding carboxylic acids is 3. The average Bonchev–Trinajstić information content (AvgIpc) is 3.28. The molecule has 166 valence electrons. The molecule has 0 aliphatic carbocycles. The van der Waals surface area contributed by atoms with E-state index < -0.39 is 34.7 Å². The minimum atomic E-state index is -0.903. The van der Waals surface area contributed by atoms with E-state index in [0.29, 0.717) is 17.9 Å². The number of nitro benzene ring substituents is 1. The predicted octanol–water partition coefficient (Wildman–Crippen LogP) is 1.86. The SMILES string of the molecule is CSCCC(NC(=O)c1cccc([N+](=O)[O-])c1)C(=O)NC(C)C(=O)NCc1ccco1. The van der Waals surface area contributed by atoms with Crippen LogP contribution >= 0.6 is 11.8 Å². The Labute approximate surface area is 183 Å². The zero-order chi connectivity index (χ0) is 22.8. The molecule has 2 aromatic rings. The van der Waals surface area contributed by atoms with Crippen molar-refractivity contribution in [1.82, 2.24) is 16.0 Å². The van der Waals surface area contributed by atoms with Crippen LogP contribution in [0.1, 0.15) is 29.5 Å². The standard InChI is InChI=1S/C20H24N4O6S/c1-13(18(25)21-12-16-7-4-9-30-16)22-20(27)17(8-10-31-2)23-19(26)14-5-3-6-15(11-14)24(28)29/h3-7,9,11,13,17H,8,10,12H2,1-2H3,(H,21,25)(H,22,27)(H,23,26). The van der Waals surface area contributed by atoms with E-state index in [0.717, 1.165) is 6.07 Å². The molecule has 2 unspecified atom stereocenters. The molecule has 0 aliphatic rings. The molecular weight excluding hydrogens is 424 g/mol. The van der Waals surface area contributed by atoms with Crippen molar-refractivity contribution in [2.24, 2.45) is 0 Å². The highest BCUT2D eigenvalue weighted by atomic mass is 32.2. The molecule has 0 aliphatic heterocycles. The molecule has 0 saturated heterocycles. The first-order valence-electron chi connectivity index (χ1n) is 9.46. The summed E-state index contributed by atoms with van der Waals surface area (Å²) in [6.45, 7) is 1.72. The van der Waals surface area contributed by atoms with E-state index >= 15 is 0 Å². The number of amides is 3. The lowest BCUT2D eigenvalue weighted by molar-refractivity contribution is -0.384. The number of nitrogens with one attached hydrogen (secondary N) is 3. The molecular formula is C20H24N4O6S. The van der Waals surface area contributed by atoms with Crippen molar-refractivity contribution < 1.29 is 23.7 Å². The highest BCUT2D eigenvalue weighted by Gasteiger charge is 2.25. The Balaban J connectivity index is 1.98. The van der Waals surface area contributed by atoms with Crippen LogP contribution in [0, 0.1) is 10.1 Å². The van der Waals surface area contributed by atoms with Gasteiger partial charge in [0.25, 0.3) is 11.6 Å². The summed E-state index contributed by atoms with van der Waals surface area (Å²) in [7, 11) is 0. The van der Waals surface area contributed by atoms with Gasteiger partial charge in [-0.2, -0.15) is 11.8 Å². The van der Waals surface area contributed by atoms with E-state index in [2.05, 4.69) is 16.0 Å². The van der Waals surface area contributed by atoms with Crippen LogP contribution in [0.3, 0.4) is 0 Å². The largest absolute Gasteiger partial charge is 0.467 e. The number of hydrogen-bond acceptors (Lipinski definition) is 7. The highest BCUT2D eigenvalue weighted by molar-refractivity contribution is 7.98. The van der Waals surface area contributed by atoms with Crippen molar-refractivity contribution in [2.45, 2.75) is 32.0 Å². The van der Waals surface area contributed by atoms with Crippen LogP contribution in [-0.4, -0.2) is 46.7 Å². The quantitative estimate of drug-likeness (QED) is 0.352. The van der Waals surface area contributed by atoms with Gasteiger partial charge < -0.3 is 20.4 Å². The van der Waals surface area contributed by atoms with Gasteiger partial charge in [-0.05, 0) is 43.6 Å². The minimum Gasteiger partial charge on any atom is -0.467 e. The normalized spacial score (nSPS) is 12.5. The molecule has 0 bridgehead atoms. The second-order valence-corrected chi connectivity index (χ2v) is 7.63. The first-order valence-corrected chi connectivity index (χ1v) is 10.9. The summed E-state index contributed by atoms with van der Waals surface area (Å²) >= 11 is 1.50. The second kappa shape index (κ2) is 11.7. The molecule has 11 heteroatoms. The van der Waals surface area contributed by atoms with Gasteiger partial charge in [0, 0.05) is 17.7 Å². The Morgan fingerprint density at radius 1 is 1.16 bits per heavy atom. The number of benzene rings is 1. The van der Waals surface area contributed by atoms with Gasteiger partial charge in [-0.3, -0.25) is 24.5 Å². The molecule has 31 heavy (non-hydrogen) atoms. The lowest BCUT2D eigenvalue weighted by Gasteiger charge is -2.21. The van der Waals surface area contributed by atoms with Crippen LogP contribution < -0.4 is 16.0 Å². The van der Waals surface area contributed by atoms with Gasteiger partial charge in [0.05, 0.1) is 17.7 Å². The van der Waals surface area contributed by atoms with Crippen molar-refractivity contribution in [1.29, 1.82) is 0 Å². The molecule has 2 rings (SSSR count). The number of nitro groups is 1. The maximum Gasteiger partial charge on any atom is 0.270 e. The Hall–Kier alpha value is -3.34. The van der Waals surface area contributed by atoms with Gasteiger partial charge in [0.2, 0.25) is 11.8 Å². The molecule has 3 N–H and O–H groups in total. The van der Waals surface area contributed by atoms with Gasteiger partial charge in [-0.25, -0.2) is 0 Å². The van der Waals surface area contributed by atoms with Gasteiger partial charge in [0.15, 0.2) is 0 Å². The Kier molecular flexibility index (Phi) is 9.07. The van der Waals surface area contributed by atoms with Gasteiger partial charge in [0.1, 0.15) is 17.8 Å². The monoisotopic (exact) mass is 448 g/mol. The lowest BCUT2D eigenvalue weighted by Crippen LogP contribution is -2.52. The number of furan rings is 1. The van der Waals surface area contributed by atoms with Crippen LogP contribution in [0.2, 0.25) is 0 Å². The lowest BCUT2D eigenvalue weighted by atomic mass is 10.1. The Morgan fingerprint density at radius 2 is 1.94 bits per heavy atom. The summed E-state index contributed by atoms with van der Waals surface area (Å²) in [6.07, 6.45) is 3.68. The third-order valence-electron chi connectivity index (χ3n) is 4.32. The van der Waals surface area contributed by atoms with Crippen LogP contribution in [0.4, 0.5) is 5.69 Å². The summed E-state index contributed by atoms with van der Waals surface area (Å²) in [5.74, 6) is -0.368. The van der Waals surface area contributed by atoms with Crippen LogP contribution in [0.5, 0.6) is 0 Å². The summed E-state index contributed by atoms with van der Waals surface area (Å²) in [6, 6.07) is 6.92. The summed E-state index contributed by atoms with van der Waals surface area (Å²) in [5, 5.41) is 18.8. The van der Waals surface area contributed by atoms with E-state index in [4.69, 9.17) is 4.42 Å². The van der Waals surface area contributed by atoms with Crippen LogP contribution in [-0.2, 0) is 16.1 Å². The molecule has 0 spiro atoms. The number of non-ortho nitro benzene ring substituents is 1. The molecule has 1 aromatic heterocycles. The highest BCUT2D eigenvalue weighted by Crippen LogP contribution is 2.13. The molecule has 0 radical (unpaired) electrons. The Morgan fingerprint density at radius 3 is 2.58 bits per heavy atom. The van der Waals surface area contributed by atoms with E-state index in [9.17, 15) is 24.5 Å². The smallest absolute Gasteiger partial charge is 0.270 e. The molecule has 0 saturated carbocycles. The van der Waals surface area contributed by atoms with Crippen LogP contribution in [0.15, 0.2) is 47.1 Å². The van der Waals surface area contributed by atoms with Crippen molar-refractivity contribution in [3.05, 3.63) is 64.1 Å². The van der Waals surface area contributed by atoms with E-state index in [1.165, 1.54) is 43.1 Å². The fourth-order valence-electron chi connectivity index (χ4n) is 2.63. The first-order chi connectivity index (χ1) is 14.8. The molecule has 0 fully saturated rings. The van der Waals surface area contributed by atoms with Crippen molar-refractivity contribution >= 4 is 35.2 Å². The fraction of sp³-hybridized carbons (Fsp3) is 0.350. The molecule has 1 heterocycles. The average molecular weight is 449 g/mol. The second-order valence-electron chi connectivity index (χ2n) is 6.64. The molecule has 1 aromatic carbocycles. The maximum atomic E-state index is 12.7.